The second-order valence-corrected chi connectivity index (χ2v) is 4.05. The zero-order valence-corrected chi connectivity index (χ0v) is 8.93. The molecule has 2 heterocycles. The van der Waals surface area contributed by atoms with E-state index in [-0.39, 0.29) is 5.28 Å². The van der Waals surface area contributed by atoms with Gasteiger partial charge in [-0.25, -0.2) is 15.0 Å². The summed E-state index contributed by atoms with van der Waals surface area (Å²) in [5, 5.41) is 0.765. The molecule has 0 aliphatic carbocycles. The third kappa shape index (κ3) is 1.69. The highest BCUT2D eigenvalue weighted by molar-refractivity contribution is 7.18. The number of thiazole rings is 1. The highest BCUT2D eigenvalue weighted by atomic mass is 35.5. The number of aryl methyl sites for hydroxylation is 1. The third-order valence-electron chi connectivity index (χ3n) is 1.67. The van der Waals surface area contributed by atoms with Gasteiger partial charge in [-0.15, -0.1) is 0 Å². The van der Waals surface area contributed by atoms with Gasteiger partial charge in [0, 0.05) is 6.20 Å². The molecule has 0 radical (unpaired) electrons. The monoisotopic (exact) mass is 226 g/mol. The van der Waals surface area contributed by atoms with Gasteiger partial charge in [0.1, 0.15) is 0 Å². The van der Waals surface area contributed by atoms with Crippen molar-refractivity contribution in [2.24, 2.45) is 0 Å². The summed E-state index contributed by atoms with van der Waals surface area (Å²) in [6.45, 7) is 1.89. The molecule has 0 aliphatic heterocycles. The lowest BCUT2D eigenvalue weighted by atomic mass is 10.3. The van der Waals surface area contributed by atoms with Crippen molar-refractivity contribution in [3.05, 3.63) is 23.2 Å². The molecule has 0 aromatic carbocycles. The minimum atomic E-state index is 0.230. The predicted octanol–water partition coefficient (Wildman–Crippen LogP) is 2.14. The van der Waals surface area contributed by atoms with Crippen LogP contribution >= 0.6 is 22.9 Å². The summed E-state index contributed by atoms with van der Waals surface area (Å²) in [5.74, 6) is 0. The molecule has 0 saturated heterocycles. The lowest BCUT2D eigenvalue weighted by Crippen LogP contribution is -1.86. The Morgan fingerprint density at radius 1 is 1.43 bits per heavy atom. The molecule has 2 rings (SSSR count). The lowest BCUT2D eigenvalue weighted by molar-refractivity contribution is 1.17. The van der Waals surface area contributed by atoms with Gasteiger partial charge in [-0.1, -0.05) is 11.3 Å². The highest BCUT2D eigenvalue weighted by Gasteiger charge is 2.09. The maximum atomic E-state index is 5.68. The number of nitrogens with zero attached hydrogens (tertiary/aromatic N) is 3. The Kier molecular flexibility index (Phi) is 2.35. The lowest BCUT2D eigenvalue weighted by Gasteiger charge is -1.96. The summed E-state index contributed by atoms with van der Waals surface area (Å²) < 4.78 is 0. The molecule has 2 aromatic rings. The molecule has 0 fully saturated rings. The molecule has 0 spiro atoms. The number of nitrogen functional groups attached to an aromatic ring is 1. The molecule has 0 amide bonds. The number of aromatic nitrogens is 3. The van der Waals surface area contributed by atoms with Crippen molar-refractivity contribution in [1.29, 1.82) is 0 Å². The van der Waals surface area contributed by atoms with Crippen LogP contribution < -0.4 is 5.73 Å². The van der Waals surface area contributed by atoms with Gasteiger partial charge < -0.3 is 5.73 Å². The fraction of sp³-hybridized carbons (Fsp3) is 0.125. The van der Waals surface area contributed by atoms with E-state index in [0.717, 1.165) is 16.3 Å². The van der Waals surface area contributed by atoms with E-state index in [1.54, 1.807) is 12.3 Å². The van der Waals surface area contributed by atoms with E-state index in [2.05, 4.69) is 15.0 Å². The minimum Gasteiger partial charge on any atom is -0.375 e. The van der Waals surface area contributed by atoms with E-state index in [1.165, 1.54) is 11.3 Å². The van der Waals surface area contributed by atoms with Crippen molar-refractivity contribution in [1.82, 2.24) is 15.0 Å². The summed E-state index contributed by atoms with van der Waals surface area (Å²) in [5.41, 5.74) is 7.21. The van der Waals surface area contributed by atoms with Gasteiger partial charge in [0.15, 0.2) is 5.13 Å². The van der Waals surface area contributed by atoms with E-state index >= 15 is 0 Å². The Balaban J connectivity index is 2.54. The van der Waals surface area contributed by atoms with Crippen LogP contribution in [0.5, 0.6) is 0 Å². The summed E-state index contributed by atoms with van der Waals surface area (Å²) >= 11 is 7.08. The fourth-order valence-electron chi connectivity index (χ4n) is 1.12. The molecule has 2 N–H and O–H groups in total. The third-order valence-corrected chi connectivity index (χ3v) is 2.86. The van der Waals surface area contributed by atoms with Crippen LogP contribution in [0.2, 0.25) is 5.28 Å². The van der Waals surface area contributed by atoms with Crippen LogP contribution in [-0.2, 0) is 0 Å². The van der Waals surface area contributed by atoms with Gasteiger partial charge in [-0.05, 0) is 24.6 Å². The number of rotatable bonds is 1. The highest BCUT2D eigenvalue weighted by Crippen LogP contribution is 2.29. The molecule has 0 unspecified atom stereocenters. The van der Waals surface area contributed by atoms with Crippen molar-refractivity contribution in [3.8, 4) is 10.6 Å². The average molecular weight is 227 g/mol. The van der Waals surface area contributed by atoms with E-state index < -0.39 is 0 Å². The predicted molar refractivity (Wildman–Crippen MR) is 57.3 cm³/mol. The maximum absolute atomic E-state index is 5.68. The SMILES string of the molecule is Cc1nc(N)sc1-c1ccnc(Cl)n1. The number of halogens is 1. The number of anilines is 1. The number of hydrogen-bond acceptors (Lipinski definition) is 5. The summed E-state index contributed by atoms with van der Waals surface area (Å²) in [4.78, 5) is 12.9. The first-order valence-corrected chi connectivity index (χ1v) is 5.08. The molecule has 2 aromatic heterocycles. The van der Waals surface area contributed by atoms with Gasteiger partial charge in [0.2, 0.25) is 5.28 Å². The van der Waals surface area contributed by atoms with Gasteiger partial charge in [-0.3, -0.25) is 0 Å². The van der Waals surface area contributed by atoms with Crippen molar-refractivity contribution in [2.75, 3.05) is 5.73 Å². The Morgan fingerprint density at radius 3 is 2.79 bits per heavy atom. The molecule has 4 nitrogen and oxygen atoms in total. The standard InChI is InChI=1S/C8H7ClN4S/c1-4-6(14-8(10)12-4)5-2-3-11-7(9)13-5/h2-3H,1H3,(H2,10,12). The summed E-state index contributed by atoms with van der Waals surface area (Å²) in [6, 6.07) is 1.78. The first-order valence-electron chi connectivity index (χ1n) is 3.88. The molecule has 14 heavy (non-hydrogen) atoms. The Labute approximate surface area is 89.8 Å². The van der Waals surface area contributed by atoms with Gasteiger partial charge in [-0.2, -0.15) is 0 Å². The van der Waals surface area contributed by atoms with Crippen LogP contribution in [0.4, 0.5) is 5.13 Å². The van der Waals surface area contributed by atoms with E-state index in [9.17, 15) is 0 Å². The van der Waals surface area contributed by atoms with E-state index in [4.69, 9.17) is 17.3 Å². The van der Waals surface area contributed by atoms with Crippen molar-refractivity contribution in [2.45, 2.75) is 6.92 Å². The first kappa shape index (κ1) is 9.36. The van der Waals surface area contributed by atoms with Crippen molar-refractivity contribution < 1.29 is 0 Å². The van der Waals surface area contributed by atoms with E-state index in [0.29, 0.717) is 5.13 Å². The van der Waals surface area contributed by atoms with Crippen LogP contribution in [-0.4, -0.2) is 15.0 Å². The average Bonchev–Trinajstić information content (AvgIpc) is 2.45. The number of hydrogen-bond donors (Lipinski definition) is 1. The van der Waals surface area contributed by atoms with Crippen molar-refractivity contribution in [3.63, 3.8) is 0 Å². The molecule has 0 atom stereocenters. The molecular formula is C8H7ClN4S. The van der Waals surface area contributed by atoms with Gasteiger partial charge >= 0.3 is 0 Å². The zero-order chi connectivity index (χ0) is 10.1. The minimum absolute atomic E-state index is 0.230. The second kappa shape index (κ2) is 3.51. The molecule has 72 valence electrons. The van der Waals surface area contributed by atoms with Crippen molar-refractivity contribution >= 4 is 28.1 Å². The smallest absolute Gasteiger partial charge is 0.222 e. The molecular weight excluding hydrogens is 220 g/mol. The molecule has 0 aliphatic rings. The Bertz CT molecular complexity index is 468. The van der Waals surface area contributed by atoms with Crippen LogP contribution in [0.3, 0.4) is 0 Å². The Morgan fingerprint density at radius 2 is 2.21 bits per heavy atom. The summed E-state index contributed by atoms with van der Waals surface area (Å²) in [7, 11) is 0. The Hall–Kier alpha value is -1.20. The molecule has 0 saturated carbocycles. The van der Waals surface area contributed by atoms with Crippen LogP contribution in [0.15, 0.2) is 12.3 Å². The zero-order valence-electron chi connectivity index (χ0n) is 7.36. The quantitative estimate of drug-likeness (QED) is 0.757. The number of nitrogens with two attached hydrogens (primary N) is 1. The van der Waals surface area contributed by atoms with Crippen LogP contribution in [0.25, 0.3) is 10.6 Å². The topological polar surface area (TPSA) is 64.7 Å². The first-order chi connectivity index (χ1) is 6.66. The molecule has 0 bridgehead atoms. The van der Waals surface area contributed by atoms with Crippen LogP contribution in [0, 0.1) is 6.92 Å². The van der Waals surface area contributed by atoms with Gasteiger partial charge in [0.25, 0.3) is 0 Å². The van der Waals surface area contributed by atoms with Gasteiger partial charge in [0.05, 0.1) is 16.3 Å². The maximum Gasteiger partial charge on any atom is 0.222 e. The largest absolute Gasteiger partial charge is 0.375 e. The van der Waals surface area contributed by atoms with E-state index in [1.807, 2.05) is 6.92 Å². The molecule has 6 heteroatoms. The fourth-order valence-corrected chi connectivity index (χ4v) is 2.07. The van der Waals surface area contributed by atoms with Crippen LogP contribution in [0.1, 0.15) is 5.69 Å². The normalized spacial score (nSPS) is 10.4. The second-order valence-electron chi connectivity index (χ2n) is 2.68. The summed E-state index contributed by atoms with van der Waals surface area (Å²) in [6.07, 6.45) is 1.61.